The van der Waals surface area contributed by atoms with Gasteiger partial charge in [-0.05, 0) is 12.8 Å². The van der Waals surface area contributed by atoms with Crippen LogP contribution in [0.1, 0.15) is 26.2 Å². The van der Waals surface area contributed by atoms with Gasteiger partial charge in [0.05, 0.1) is 0 Å². The molecular weight excluding hydrogens is 204 g/mol. The quantitative estimate of drug-likeness (QED) is 0.737. The fourth-order valence-electron chi connectivity index (χ4n) is 1.96. The maximum absolute atomic E-state index is 11.6. The number of hydrogen-bond donors (Lipinski definition) is 1. The van der Waals surface area contributed by atoms with Crippen molar-refractivity contribution >= 4 is 11.8 Å². The summed E-state index contributed by atoms with van der Waals surface area (Å²) in [6.45, 7) is 7.29. The monoisotopic (exact) mass is 224 g/mol. The Morgan fingerprint density at radius 2 is 2.06 bits per heavy atom. The number of piperidine rings is 1. The smallest absolute Gasteiger partial charge is 0.317 e. The van der Waals surface area contributed by atoms with Crippen LogP contribution in [0.3, 0.4) is 0 Å². The lowest BCUT2D eigenvalue weighted by Gasteiger charge is -2.31. The zero-order valence-corrected chi connectivity index (χ0v) is 9.87. The molecule has 0 aliphatic carbocycles. The van der Waals surface area contributed by atoms with E-state index < -0.39 is 0 Å². The topological polar surface area (TPSA) is 49.4 Å². The first-order chi connectivity index (χ1) is 7.69. The van der Waals surface area contributed by atoms with Crippen LogP contribution in [0.15, 0.2) is 12.7 Å². The molecule has 0 unspecified atom stereocenters. The molecule has 0 atom stereocenters. The number of urea groups is 1. The van der Waals surface area contributed by atoms with Crippen LogP contribution in [-0.4, -0.2) is 36.3 Å². The van der Waals surface area contributed by atoms with Gasteiger partial charge in [-0.15, -0.1) is 6.58 Å². The lowest BCUT2D eigenvalue weighted by Crippen LogP contribution is -2.45. The molecule has 0 saturated carbocycles. The zero-order chi connectivity index (χ0) is 12.0. The highest BCUT2D eigenvalue weighted by atomic mass is 16.2. The molecule has 4 heteroatoms. The van der Waals surface area contributed by atoms with Crippen molar-refractivity contribution in [2.75, 3.05) is 19.6 Å². The molecule has 2 amide bonds. The second-order valence-electron chi connectivity index (χ2n) is 4.06. The second-order valence-corrected chi connectivity index (χ2v) is 4.06. The van der Waals surface area contributed by atoms with Gasteiger partial charge in [0.2, 0.25) is 0 Å². The second kappa shape index (κ2) is 6.30. The predicted octanol–water partition coefficient (Wildman–Crippen LogP) is 1.57. The molecule has 90 valence electrons. The normalized spacial score (nSPS) is 16.9. The van der Waals surface area contributed by atoms with E-state index >= 15 is 0 Å². The third kappa shape index (κ3) is 3.36. The Kier molecular flexibility index (Phi) is 5.02. The van der Waals surface area contributed by atoms with Crippen molar-refractivity contribution in [3.05, 3.63) is 12.7 Å². The molecule has 1 saturated heterocycles. The third-order valence-electron chi connectivity index (χ3n) is 2.98. The molecule has 1 heterocycles. The maximum atomic E-state index is 11.6. The number of amides is 2. The molecule has 1 rings (SSSR count). The molecule has 0 bridgehead atoms. The van der Waals surface area contributed by atoms with Crippen molar-refractivity contribution in [3.8, 4) is 0 Å². The average molecular weight is 224 g/mol. The molecule has 16 heavy (non-hydrogen) atoms. The first-order valence-electron chi connectivity index (χ1n) is 5.85. The highest BCUT2D eigenvalue weighted by Crippen LogP contribution is 2.19. The SMILES string of the molecule is C=CCNC(=O)N1CCC(C(=O)CC)CC1. The summed E-state index contributed by atoms with van der Waals surface area (Å²) in [5.74, 6) is 0.486. The minimum Gasteiger partial charge on any atom is -0.335 e. The summed E-state index contributed by atoms with van der Waals surface area (Å²) in [5, 5.41) is 2.74. The fourth-order valence-corrected chi connectivity index (χ4v) is 1.96. The van der Waals surface area contributed by atoms with Gasteiger partial charge in [0.15, 0.2) is 0 Å². The molecule has 0 spiro atoms. The Balaban J connectivity index is 2.33. The van der Waals surface area contributed by atoms with Crippen molar-refractivity contribution in [1.82, 2.24) is 10.2 Å². The summed E-state index contributed by atoms with van der Waals surface area (Å²) >= 11 is 0. The minimum atomic E-state index is -0.0534. The van der Waals surface area contributed by atoms with E-state index in [-0.39, 0.29) is 11.9 Å². The molecule has 1 N–H and O–H groups in total. The van der Waals surface area contributed by atoms with Crippen LogP contribution >= 0.6 is 0 Å². The van der Waals surface area contributed by atoms with Gasteiger partial charge in [-0.3, -0.25) is 4.79 Å². The molecule has 0 aromatic heterocycles. The van der Waals surface area contributed by atoms with Crippen LogP contribution in [0.2, 0.25) is 0 Å². The molecule has 1 aliphatic rings. The minimum absolute atomic E-state index is 0.0534. The van der Waals surface area contributed by atoms with E-state index in [1.54, 1.807) is 11.0 Å². The zero-order valence-electron chi connectivity index (χ0n) is 9.87. The van der Waals surface area contributed by atoms with Crippen LogP contribution in [0.4, 0.5) is 4.79 Å². The van der Waals surface area contributed by atoms with Gasteiger partial charge in [-0.25, -0.2) is 4.79 Å². The number of likely N-dealkylation sites (tertiary alicyclic amines) is 1. The first kappa shape index (κ1) is 12.7. The average Bonchev–Trinajstić information content (AvgIpc) is 2.35. The number of Topliss-reactive ketones (excluding diaryl/α,β-unsaturated/α-hetero) is 1. The number of rotatable bonds is 4. The van der Waals surface area contributed by atoms with E-state index in [4.69, 9.17) is 0 Å². The van der Waals surface area contributed by atoms with Gasteiger partial charge < -0.3 is 10.2 Å². The highest BCUT2D eigenvalue weighted by molar-refractivity contribution is 5.81. The van der Waals surface area contributed by atoms with Crippen molar-refractivity contribution < 1.29 is 9.59 Å². The number of carbonyl (C=O) groups excluding carboxylic acids is 2. The summed E-state index contributed by atoms with van der Waals surface area (Å²) in [4.78, 5) is 24.8. The lowest BCUT2D eigenvalue weighted by atomic mass is 9.91. The fraction of sp³-hybridized carbons (Fsp3) is 0.667. The summed E-state index contributed by atoms with van der Waals surface area (Å²) in [6, 6.07) is -0.0534. The van der Waals surface area contributed by atoms with Crippen molar-refractivity contribution in [2.24, 2.45) is 5.92 Å². The van der Waals surface area contributed by atoms with Crippen LogP contribution in [0.25, 0.3) is 0 Å². The Labute approximate surface area is 96.7 Å². The van der Waals surface area contributed by atoms with Crippen molar-refractivity contribution in [2.45, 2.75) is 26.2 Å². The highest BCUT2D eigenvalue weighted by Gasteiger charge is 2.25. The van der Waals surface area contributed by atoms with E-state index in [0.29, 0.717) is 31.8 Å². The molecular formula is C12H20N2O2. The van der Waals surface area contributed by atoms with E-state index in [2.05, 4.69) is 11.9 Å². The Morgan fingerprint density at radius 3 is 2.56 bits per heavy atom. The largest absolute Gasteiger partial charge is 0.335 e. The number of carbonyl (C=O) groups is 2. The van der Waals surface area contributed by atoms with Gasteiger partial charge >= 0.3 is 6.03 Å². The molecule has 0 aromatic carbocycles. The summed E-state index contributed by atoms with van der Waals surface area (Å²) in [5.41, 5.74) is 0. The van der Waals surface area contributed by atoms with Crippen LogP contribution < -0.4 is 5.32 Å². The van der Waals surface area contributed by atoms with E-state index in [0.717, 1.165) is 12.8 Å². The van der Waals surface area contributed by atoms with Crippen molar-refractivity contribution in [3.63, 3.8) is 0 Å². The molecule has 0 radical (unpaired) electrons. The number of nitrogens with zero attached hydrogens (tertiary/aromatic N) is 1. The van der Waals surface area contributed by atoms with Gasteiger partial charge in [-0.2, -0.15) is 0 Å². The van der Waals surface area contributed by atoms with Crippen LogP contribution in [0.5, 0.6) is 0 Å². The molecule has 1 fully saturated rings. The predicted molar refractivity (Wildman–Crippen MR) is 63.2 cm³/mol. The van der Waals surface area contributed by atoms with Crippen molar-refractivity contribution in [1.29, 1.82) is 0 Å². The van der Waals surface area contributed by atoms with Gasteiger partial charge in [0, 0.05) is 32.0 Å². The summed E-state index contributed by atoms with van der Waals surface area (Å²) in [7, 11) is 0. The number of hydrogen-bond acceptors (Lipinski definition) is 2. The third-order valence-corrected chi connectivity index (χ3v) is 2.98. The van der Waals surface area contributed by atoms with Gasteiger partial charge in [0.1, 0.15) is 5.78 Å². The number of ketones is 1. The summed E-state index contributed by atoms with van der Waals surface area (Å²) < 4.78 is 0. The van der Waals surface area contributed by atoms with Crippen LogP contribution in [0, 0.1) is 5.92 Å². The molecule has 4 nitrogen and oxygen atoms in total. The Hall–Kier alpha value is -1.32. The van der Waals surface area contributed by atoms with Gasteiger partial charge in [-0.1, -0.05) is 13.0 Å². The molecule has 1 aliphatic heterocycles. The Bertz CT molecular complexity index is 268. The molecule has 0 aromatic rings. The van der Waals surface area contributed by atoms with E-state index in [9.17, 15) is 9.59 Å². The lowest BCUT2D eigenvalue weighted by molar-refractivity contribution is -0.123. The van der Waals surface area contributed by atoms with Crippen LogP contribution in [-0.2, 0) is 4.79 Å². The summed E-state index contributed by atoms with van der Waals surface area (Å²) in [6.07, 6.45) is 3.86. The first-order valence-corrected chi connectivity index (χ1v) is 5.85. The number of nitrogens with one attached hydrogen (secondary N) is 1. The van der Waals surface area contributed by atoms with Gasteiger partial charge in [0.25, 0.3) is 0 Å². The Morgan fingerprint density at radius 1 is 1.44 bits per heavy atom. The van der Waals surface area contributed by atoms with E-state index in [1.807, 2.05) is 6.92 Å². The van der Waals surface area contributed by atoms with E-state index in [1.165, 1.54) is 0 Å². The maximum Gasteiger partial charge on any atom is 0.317 e. The standard InChI is InChI=1S/C12H20N2O2/c1-3-7-13-12(16)14-8-5-10(6-9-14)11(15)4-2/h3,10H,1,4-9H2,2H3,(H,13,16).